The smallest absolute Gasteiger partial charge is 0.229 e. The van der Waals surface area contributed by atoms with Crippen molar-refractivity contribution in [2.75, 3.05) is 10.6 Å². The second-order valence-electron chi connectivity index (χ2n) is 4.50. The number of para-hydroxylation sites is 1. The number of halogens is 2. The lowest BCUT2D eigenvalue weighted by Crippen LogP contribution is -2.00. The number of nitrogens with one attached hydrogen (secondary N) is 2. The fourth-order valence-corrected chi connectivity index (χ4v) is 2.36. The number of anilines is 4. The normalized spacial score (nSPS) is 10.3. The Kier molecular flexibility index (Phi) is 4.56. The Bertz CT molecular complexity index is 777. The molecule has 1 heterocycles. The summed E-state index contributed by atoms with van der Waals surface area (Å²) < 4.78 is 0.953. The van der Waals surface area contributed by atoms with Crippen molar-refractivity contribution in [2.45, 2.75) is 0 Å². The molecule has 0 aliphatic heterocycles. The number of aromatic nitrogens is 2. The number of hydrogen-bond donors (Lipinski definition) is 2. The first kappa shape index (κ1) is 14.8. The zero-order valence-electron chi connectivity index (χ0n) is 11.4. The summed E-state index contributed by atoms with van der Waals surface area (Å²) in [5.41, 5.74) is 1.82. The molecule has 0 amide bonds. The Balaban J connectivity index is 1.78. The second kappa shape index (κ2) is 6.77. The standard InChI is InChI=1S/C16H12BrClN4/c17-13-3-1-2-4-14(13)21-16-19-10-9-15(22-16)20-12-7-5-11(18)6-8-12/h1-10H,(H2,19,20,21,22). The molecule has 0 radical (unpaired) electrons. The third-order valence-corrected chi connectivity index (χ3v) is 3.84. The molecule has 0 bridgehead atoms. The van der Waals surface area contributed by atoms with Crippen molar-refractivity contribution in [1.29, 1.82) is 0 Å². The molecule has 6 heteroatoms. The maximum atomic E-state index is 5.88. The van der Waals surface area contributed by atoms with Crippen molar-refractivity contribution < 1.29 is 0 Å². The maximum absolute atomic E-state index is 5.88. The average molecular weight is 376 g/mol. The van der Waals surface area contributed by atoms with Crippen LogP contribution < -0.4 is 10.6 Å². The highest BCUT2D eigenvalue weighted by Gasteiger charge is 2.03. The summed E-state index contributed by atoms with van der Waals surface area (Å²) in [6.45, 7) is 0. The van der Waals surface area contributed by atoms with Gasteiger partial charge in [-0.2, -0.15) is 4.98 Å². The van der Waals surface area contributed by atoms with E-state index < -0.39 is 0 Å². The SMILES string of the molecule is Clc1ccc(Nc2ccnc(Nc3ccccc3Br)n2)cc1. The third kappa shape index (κ3) is 3.75. The van der Waals surface area contributed by atoms with Crippen LogP contribution in [0.15, 0.2) is 65.3 Å². The summed E-state index contributed by atoms with van der Waals surface area (Å²) >= 11 is 9.36. The molecule has 0 fully saturated rings. The molecule has 4 nitrogen and oxygen atoms in total. The fraction of sp³-hybridized carbons (Fsp3) is 0. The lowest BCUT2D eigenvalue weighted by Gasteiger charge is -2.09. The van der Waals surface area contributed by atoms with Gasteiger partial charge in [0.1, 0.15) is 5.82 Å². The van der Waals surface area contributed by atoms with Crippen LogP contribution in [0.4, 0.5) is 23.1 Å². The van der Waals surface area contributed by atoms with E-state index in [1.807, 2.05) is 48.5 Å². The van der Waals surface area contributed by atoms with Gasteiger partial charge < -0.3 is 10.6 Å². The van der Waals surface area contributed by atoms with Gasteiger partial charge in [0.25, 0.3) is 0 Å². The number of rotatable bonds is 4. The number of benzene rings is 2. The van der Waals surface area contributed by atoms with E-state index in [0.717, 1.165) is 15.8 Å². The summed E-state index contributed by atoms with van der Waals surface area (Å²) in [4.78, 5) is 8.67. The zero-order chi connectivity index (χ0) is 15.4. The Hall–Kier alpha value is -2.11. The molecule has 0 unspecified atom stereocenters. The number of hydrogen-bond acceptors (Lipinski definition) is 4. The van der Waals surface area contributed by atoms with E-state index in [2.05, 4.69) is 36.5 Å². The molecule has 110 valence electrons. The van der Waals surface area contributed by atoms with E-state index in [4.69, 9.17) is 11.6 Å². The van der Waals surface area contributed by atoms with Crippen LogP contribution in [0.3, 0.4) is 0 Å². The lowest BCUT2D eigenvalue weighted by atomic mass is 10.3. The van der Waals surface area contributed by atoms with Crippen LogP contribution in [-0.2, 0) is 0 Å². The van der Waals surface area contributed by atoms with Crippen molar-refractivity contribution in [3.63, 3.8) is 0 Å². The molecule has 2 N–H and O–H groups in total. The van der Waals surface area contributed by atoms with E-state index in [1.165, 1.54) is 0 Å². The predicted octanol–water partition coefficient (Wildman–Crippen LogP) is 5.38. The molecule has 0 atom stereocenters. The summed E-state index contributed by atoms with van der Waals surface area (Å²) in [5.74, 6) is 1.22. The van der Waals surface area contributed by atoms with E-state index in [0.29, 0.717) is 16.8 Å². The van der Waals surface area contributed by atoms with Crippen molar-refractivity contribution in [3.8, 4) is 0 Å². The van der Waals surface area contributed by atoms with Gasteiger partial charge in [-0.1, -0.05) is 23.7 Å². The van der Waals surface area contributed by atoms with Gasteiger partial charge in [-0.3, -0.25) is 0 Å². The van der Waals surface area contributed by atoms with E-state index in [9.17, 15) is 0 Å². The Morgan fingerprint density at radius 1 is 0.909 bits per heavy atom. The molecule has 0 saturated heterocycles. The van der Waals surface area contributed by atoms with Crippen LogP contribution in [-0.4, -0.2) is 9.97 Å². The molecule has 2 aromatic carbocycles. The van der Waals surface area contributed by atoms with Gasteiger partial charge in [0.2, 0.25) is 5.95 Å². The average Bonchev–Trinajstić information content (AvgIpc) is 2.52. The maximum Gasteiger partial charge on any atom is 0.229 e. The first-order valence-electron chi connectivity index (χ1n) is 6.58. The van der Waals surface area contributed by atoms with Gasteiger partial charge in [-0.25, -0.2) is 4.98 Å². The molecule has 22 heavy (non-hydrogen) atoms. The third-order valence-electron chi connectivity index (χ3n) is 2.89. The van der Waals surface area contributed by atoms with Crippen LogP contribution in [0.5, 0.6) is 0 Å². The van der Waals surface area contributed by atoms with E-state index in [1.54, 1.807) is 12.3 Å². The van der Waals surface area contributed by atoms with Crippen LogP contribution in [0.25, 0.3) is 0 Å². The second-order valence-corrected chi connectivity index (χ2v) is 5.79. The first-order valence-corrected chi connectivity index (χ1v) is 7.75. The highest BCUT2D eigenvalue weighted by molar-refractivity contribution is 9.10. The summed E-state index contributed by atoms with van der Waals surface area (Å²) in [6.07, 6.45) is 1.70. The quantitative estimate of drug-likeness (QED) is 0.643. The fourth-order valence-electron chi connectivity index (χ4n) is 1.85. The molecule has 0 saturated carbocycles. The van der Waals surface area contributed by atoms with Crippen LogP contribution >= 0.6 is 27.5 Å². The highest BCUT2D eigenvalue weighted by atomic mass is 79.9. The molecule has 1 aromatic heterocycles. The Morgan fingerprint density at radius 3 is 2.45 bits per heavy atom. The lowest BCUT2D eigenvalue weighted by molar-refractivity contribution is 1.16. The van der Waals surface area contributed by atoms with Gasteiger partial charge in [-0.15, -0.1) is 0 Å². The molecular formula is C16H12BrClN4. The minimum Gasteiger partial charge on any atom is -0.340 e. The number of nitrogens with zero attached hydrogens (tertiary/aromatic N) is 2. The highest BCUT2D eigenvalue weighted by Crippen LogP contribution is 2.24. The zero-order valence-corrected chi connectivity index (χ0v) is 13.8. The van der Waals surface area contributed by atoms with Gasteiger partial charge >= 0.3 is 0 Å². The molecule has 0 spiro atoms. The van der Waals surface area contributed by atoms with Crippen molar-refractivity contribution >= 4 is 50.7 Å². The van der Waals surface area contributed by atoms with E-state index in [-0.39, 0.29) is 0 Å². The predicted molar refractivity (Wildman–Crippen MR) is 94.2 cm³/mol. The Labute approximate surface area is 141 Å². The van der Waals surface area contributed by atoms with Crippen LogP contribution in [0.1, 0.15) is 0 Å². The largest absolute Gasteiger partial charge is 0.340 e. The first-order chi connectivity index (χ1) is 10.7. The minimum absolute atomic E-state index is 0.519. The van der Waals surface area contributed by atoms with Gasteiger partial charge in [0.05, 0.1) is 5.69 Å². The molecule has 0 aliphatic rings. The summed E-state index contributed by atoms with van der Waals surface area (Å²) in [5, 5.41) is 7.09. The van der Waals surface area contributed by atoms with Crippen LogP contribution in [0.2, 0.25) is 5.02 Å². The van der Waals surface area contributed by atoms with Gasteiger partial charge in [0.15, 0.2) is 0 Å². The molecule has 0 aliphatic carbocycles. The molecule has 3 rings (SSSR count). The van der Waals surface area contributed by atoms with Crippen molar-refractivity contribution in [3.05, 3.63) is 70.3 Å². The van der Waals surface area contributed by atoms with Crippen LogP contribution in [0, 0.1) is 0 Å². The molecular weight excluding hydrogens is 364 g/mol. The summed E-state index contributed by atoms with van der Waals surface area (Å²) in [6, 6.07) is 17.1. The van der Waals surface area contributed by atoms with E-state index >= 15 is 0 Å². The summed E-state index contributed by atoms with van der Waals surface area (Å²) in [7, 11) is 0. The van der Waals surface area contributed by atoms with Gasteiger partial charge in [0, 0.05) is 21.4 Å². The monoisotopic (exact) mass is 374 g/mol. The minimum atomic E-state index is 0.519. The van der Waals surface area contributed by atoms with Gasteiger partial charge in [-0.05, 0) is 58.4 Å². The van der Waals surface area contributed by atoms with Crippen molar-refractivity contribution in [1.82, 2.24) is 9.97 Å². The Morgan fingerprint density at radius 2 is 1.68 bits per heavy atom. The molecule has 3 aromatic rings. The topological polar surface area (TPSA) is 49.8 Å². The van der Waals surface area contributed by atoms with Crippen molar-refractivity contribution in [2.24, 2.45) is 0 Å².